The summed E-state index contributed by atoms with van der Waals surface area (Å²) in [5.74, 6) is 0. The van der Waals surface area contributed by atoms with Crippen LogP contribution in [0, 0.1) is 0 Å². The quantitative estimate of drug-likeness (QED) is 0.145. The first kappa shape index (κ1) is 36.1. The number of anilines is 3. The Labute approximate surface area is 365 Å². The molecule has 0 aliphatic heterocycles. The van der Waals surface area contributed by atoms with Crippen molar-refractivity contribution in [2.24, 2.45) is 0 Å². The SMILES string of the molecule is c1ccc(-c2ccc(-c3cccc4ccccc34)cc2N(c2ccc(-c3ccc4sc5ccccc5c4c3)cc2)c2ccc(-c3cc4ccccc4c4ccccc34)cc2)cc1. The molecule has 0 fully saturated rings. The predicted molar refractivity (Wildman–Crippen MR) is 268 cm³/mol. The summed E-state index contributed by atoms with van der Waals surface area (Å²) in [6.07, 6.45) is 0. The summed E-state index contributed by atoms with van der Waals surface area (Å²) in [5.41, 5.74) is 12.9. The summed E-state index contributed by atoms with van der Waals surface area (Å²) in [5, 5.41) is 10.2. The molecule has 1 aromatic heterocycles. The van der Waals surface area contributed by atoms with Crippen LogP contribution in [0.3, 0.4) is 0 Å². The second-order valence-corrected chi connectivity index (χ2v) is 17.1. The average Bonchev–Trinajstić information content (AvgIpc) is 3.72. The number of rotatable bonds is 7. The molecule has 1 nitrogen and oxygen atoms in total. The smallest absolute Gasteiger partial charge is 0.0546 e. The molecular weight excluding hydrogens is 767 g/mol. The molecule has 12 rings (SSSR count). The minimum atomic E-state index is 1.09. The molecule has 0 radical (unpaired) electrons. The van der Waals surface area contributed by atoms with Crippen molar-refractivity contribution in [3.05, 3.63) is 237 Å². The van der Waals surface area contributed by atoms with E-state index < -0.39 is 0 Å². The Balaban J connectivity index is 1.04. The molecule has 0 unspecified atom stereocenters. The Bertz CT molecular complexity index is 3610. The van der Waals surface area contributed by atoms with E-state index in [-0.39, 0.29) is 0 Å². The van der Waals surface area contributed by atoms with Crippen LogP contribution >= 0.6 is 11.3 Å². The highest BCUT2D eigenvalue weighted by atomic mass is 32.1. The third-order valence-electron chi connectivity index (χ3n) is 12.5. The number of hydrogen-bond donors (Lipinski definition) is 0. The zero-order chi connectivity index (χ0) is 41.0. The van der Waals surface area contributed by atoms with Gasteiger partial charge in [-0.25, -0.2) is 0 Å². The van der Waals surface area contributed by atoms with Gasteiger partial charge in [0.2, 0.25) is 0 Å². The van der Waals surface area contributed by atoms with Crippen LogP contribution in [-0.4, -0.2) is 0 Å². The van der Waals surface area contributed by atoms with Crippen LogP contribution < -0.4 is 4.90 Å². The summed E-state index contributed by atoms with van der Waals surface area (Å²) in [4.78, 5) is 2.44. The molecule has 0 saturated carbocycles. The molecule has 0 aliphatic rings. The van der Waals surface area contributed by atoms with Gasteiger partial charge in [-0.2, -0.15) is 0 Å². The van der Waals surface area contributed by atoms with Crippen molar-refractivity contribution in [3.8, 4) is 44.5 Å². The average molecular weight is 806 g/mol. The van der Waals surface area contributed by atoms with Gasteiger partial charge in [0, 0.05) is 37.1 Å². The molecule has 0 aliphatic carbocycles. The number of fused-ring (bicyclic) bond motifs is 7. The van der Waals surface area contributed by atoms with Crippen molar-refractivity contribution >= 4 is 80.9 Å². The first-order valence-corrected chi connectivity index (χ1v) is 22.1. The second kappa shape index (κ2) is 15.0. The lowest BCUT2D eigenvalue weighted by Crippen LogP contribution is -2.11. The number of benzene rings is 11. The van der Waals surface area contributed by atoms with Gasteiger partial charge in [-0.3, -0.25) is 0 Å². The third-order valence-corrected chi connectivity index (χ3v) is 13.6. The lowest BCUT2D eigenvalue weighted by Gasteiger charge is -2.29. The largest absolute Gasteiger partial charge is 0.310 e. The van der Waals surface area contributed by atoms with Gasteiger partial charge in [0.15, 0.2) is 0 Å². The van der Waals surface area contributed by atoms with Gasteiger partial charge in [-0.15, -0.1) is 11.3 Å². The molecule has 290 valence electrons. The molecule has 0 amide bonds. The van der Waals surface area contributed by atoms with Crippen molar-refractivity contribution < 1.29 is 0 Å². The number of hydrogen-bond acceptors (Lipinski definition) is 2. The fourth-order valence-corrected chi connectivity index (χ4v) is 10.5. The zero-order valence-corrected chi connectivity index (χ0v) is 34.7. The van der Waals surface area contributed by atoms with E-state index >= 15 is 0 Å². The van der Waals surface area contributed by atoms with Gasteiger partial charge >= 0.3 is 0 Å². The molecule has 12 aromatic rings. The first-order valence-electron chi connectivity index (χ1n) is 21.2. The van der Waals surface area contributed by atoms with E-state index in [1.54, 1.807) is 0 Å². The first-order chi connectivity index (χ1) is 30.7. The zero-order valence-electron chi connectivity index (χ0n) is 33.9. The van der Waals surface area contributed by atoms with E-state index in [0.717, 1.165) is 22.6 Å². The summed E-state index contributed by atoms with van der Waals surface area (Å²) in [7, 11) is 0. The minimum absolute atomic E-state index is 1.09. The Hall–Kier alpha value is -7.78. The molecule has 62 heavy (non-hydrogen) atoms. The minimum Gasteiger partial charge on any atom is -0.310 e. The Kier molecular flexibility index (Phi) is 8.76. The number of thiophene rings is 1. The van der Waals surface area contributed by atoms with Crippen molar-refractivity contribution in [2.45, 2.75) is 0 Å². The van der Waals surface area contributed by atoms with E-state index in [1.165, 1.54) is 91.4 Å². The van der Waals surface area contributed by atoms with Gasteiger partial charge in [0.1, 0.15) is 0 Å². The fourth-order valence-electron chi connectivity index (χ4n) is 9.44. The van der Waals surface area contributed by atoms with Crippen LogP contribution in [0.5, 0.6) is 0 Å². The van der Waals surface area contributed by atoms with Gasteiger partial charge in [-0.05, 0) is 126 Å². The molecule has 0 N–H and O–H groups in total. The lowest BCUT2D eigenvalue weighted by molar-refractivity contribution is 1.28. The van der Waals surface area contributed by atoms with E-state index in [2.05, 4.69) is 241 Å². The maximum Gasteiger partial charge on any atom is 0.0546 e. The van der Waals surface area contributed by atoms with E-state index in [9.17, 15) is 0 Å². The van der Waals surface area contributed by atoms with Crippen molar-refractivity contribution in [1.82, 2.24) is 0 Å². The van der Waals surface area contributed by atoms with Crippen LogP contribution in [0.4, 0.5) is 17.1 Å². The molecular formula is C60H39NS. The topological polar surface area (TPSA) is 3.24 Å². The Morgan fingerprint density at radius 3 is 1.61 bits per heavy atom. The van der Waals surface area contributed by atoms with E-state index in [0.29, 0.717) is 0 Å². The second-order valence-electron chi connectivity index (χ2n) is 16.1. The molecule has 0 bridgehead atoms. The maximum absolute atomic E-state index is 2.44. The molecule has 0 spiro atoms. The molecule has 1 heterocycles. The highest BCUT2D eigenvalue weighted by Crippen LogP contribution is 2.45. The Morgan fingerprint density at radius 1 is 0.258 bits per heavy atom. The van der Waals surface area contributed by atoms with Gasteiger partial charge in [-0.1, -0.05) is 182 Å². The lowest BCUT2D eigenvalue weighted by atomic mass is 9.92. The summed E-state index contributed by atoms with van der Waals surface area (Å²) in [6, 6.07) is 86.9. The van der Waals surface area contributed by atoms with Gasteiger partial charge < -0.3 is 4.90 Å². The molecule has 0 atom stereocenters. The highest BCUT2D eigenvalue weighted by molar-refractivity contribution is 7.25. The molecule has 2 heteroatoms. The van der Waals surface area contributed by atoms with Crippen LogP contribution in [0.1, 0.15) is 0 Å². The summed E-state index contributed by atoms with van der Waals surface area (Å²) in [6.45, 7) is 0. The molecule has 0 saturated heterocycles. The molecule has 11 aromatic carbocycles. The number of nitrogens with zero attached hydrogens (tertiary/aromatic N) is 1. The maximum atomic E-state index is 2.44. The van der Waals surface area contributed by atoms with E-state index in [4.69, 9.17) is 0 Å². The third kappa shape index (κ3) is 6.24. The Morgan fingerprint density at radius 2 is 0.823 bits per heavy atom. The van der Waals surface area contributed by atoms with Gasteiger partial charge in [0.05, 0.1) is 5.69 Å². The fraction of sp³-hybridized carbons (Fsp3) is 0. The van der Waals surface area contributed by atoms with Crippen LogP contribution in [0.2, 0.25) is 0 Å². The highest BCUT2D eigenvalue weighted by Gasteiger charge is 2.20. The normalized spacial score (nSPS) is 11.5. The standard InChI is InChI=1S/C60H39NS/c1-2-13-42(14-3-1)52-35-29-46(50-23-12-17-41-15-4-6-18-49(41)50)39-58(52)61(47-31-25-40(26-32-47)44-30-36-60-57(37-44)55-22-10-11-24-59(55)62-60)48-33-27-43(28-34-48)56-38-45-16-5-7-19-51(45)53-20-8-9-21-54(53)56/h1-39H. The van der Waals surface area contributed by atoms with Crippen molar-refractivity contribution in [1.29, 1.82) is 0 Å². The van der Waals surface area contributed by atoms with Crippen molar-refractivity contribution in [2.75, 3.05) is 4.90 Å². The van der Waals surface area contributed by atoms with Gasteiger partial charge in [0.25, 0.3) is 0 Å². The van der Waals surface area contributed by atoms with Crippen molar-refractivity contribution in [3.63, 3.8) is 0 Å². The summed E-state index contributed by atoms with van der Waals surface area (Å²) >= 11 is 1.86. The van der Waals surface area contributed by atoms with Crippen LogP contribution in [0.25, 0.3) is 97.0 Å². The predicted octanol–water partition coefficient (Wildman–Crippen LogP) is 17.7. The van der Waals surface area contributed by atoms with Crippen LogP contribution in [-0.2, 0) is 0 Å². The monoisotopic (exact) mass is 805 g/mol. The summed E-state index contributed by atoms with van der Waals surface area (Å²) < 4.78 is 2.64. The van der Waals surface area contributed by atoms with Crippen LogP contribution in [0.15, 0.2) is 237 Å². The van der Waals surface area contributed by atoms with E-state index in [1.807, 2.05) is 11.3 Å².